The minimum Gasteiger partial charge on any atom is -0.490 e. The Balaban J connectivity index is 1.89. The third-order valence-corrected chi connectivity index (χ3v) is 4.85. The Bertz CT molecular complexity index is 528. The molecule has 4 nitrogen and oxygen atoms in total. The number of likely N-dealkylation sites (N-methyl/N-ethyl adjacent to an activating group) is 1. The lowest BCUT2D eigenvalue weighted by Crippen LogP contribution is -2.41. The van der Waals surface area contributed by atoms with Gasteiger partial charge in [-0.25, -0.2) is 0 Å². The molecule has 0 aromatic heterocycles. The maximum absolute atomic E-state index is 6.10. The zero-order valence-electron chi connectivity index (χ0n) is 13.6. The summed E-state index contributed by atoms with van der Waals surface area (Å²) in [4.78, 5) is 2.33. The van der Waals surface area contributed by atoms with Crippen molar-refractivity contribution in [1.82, 2.24) is 0 Å². The third-order valence-electron chi connectivity index (χ3n) is 4.85. The molecule has 0 radical (unpaired) electrons. The zero-order valence-corrected chi connectivity index (χ0v) is 13.6. The van der Waals surface area contributed by atoms with E-state index in [2.05, 4.69) is 57.7 Å². The number of rotatable bonds is 2. The first kappa shape index (κ1) is 14.7. The van der Waals surface area contributed by atoms with Crippen molar-refractivity contribution < 1.29 is 14.0 Å². The van der Waals surface area contributed by atoms with Crippen molar-refractivity contribution in [2.75, 3.05) is 24.6 Å². The molecule has 1 aromatic rings. The summed E-state index contributed by atoms with van der Waals surface area (Å²) in [6.45, 7) is 13.1. The van der Waals surface area contributed by atoms with Gasteiger partial charge in [-0.1, -0.05) is 6.07 Å². The van der Waals surface area contributed by atoms with Crippen LogP contribution in [0.15, 0.2) is 18.2 Å². The number of anilines is 1. The van der Waals surface area contributed by atoms with E-state index in [0.717, 1.165) is 36.6 Å². The first-order valence-electron chi connectivity index (χ1n) is 7.71. The Hall–Kier alpha value is -1.20. The molecule has 0 unspecified atom stereocenters. The van der Waals surface area contributed by atoms with Crippen LogP contribution in [-0.2, 0) is 9.31 Å². The van der Waals surface area contributed by atoms with Gasteiger partial charge < -0.3 is 18.9 Å². The zero-order chi connectivity index (χ0) is 15.3. The predicted octanol–water partition coefficient (Wildman–Crippen LogP) is 2.20. The molecule has 1 fully saturated rings. The SMILES string of the molecule is CCN1CCOc2cc(B3OC(C)(C)C(C)(C)O3)ccc21. The highest BCUT2D eigenvalue weighted by atomic mass is 16.7. The van der Waals surface area contributed by atoms with Crippen LogP contribution in [0.3, 0.4) is 0 Å². The Kier molecular flexibility index (Phi) is 3.45. The lowest BCUT2D eigenvalue weighted by molar-refractivity contribution is 0.00578. The van der Waals surface area contributed by atoms with Gasteiger partial charge in [0.05, 0.1) is 23.4 Å². The van der Waals surface area contributed by atoms with Crippen LogP contribution >= 0.6 is 0 Å². The average Bonchev–Trinajstić information content (AvgIpc) is 2.66. The number of hydrogen-bond donors (Lipinski definition) is 0. The number of hydrogen-bond acceptors (Lipinski definition) is 4. The van der Waals surface area contributed by atoms with Crippen molar-refractivity contribution in [3.8, 4) is 5.75 Å². The first-order chi connectivity index (χ1) is 9.84. The molecule has 3 rings (SSSR count). The molecule has 0 saturated carbocycles. The van der Waals surface area contributed by atoms with E-state index in [1.165, 1.54) is 0 Å². The molecule has 0 amide bonds. The van der Waals surface area contributed by atoms with E-state index in [1.54, 1.807) is 0 Å². The van der Waals surface area contributed by atoms with E-state index in [9.17, 15) is 0 Å². The molecule has 0 bridgehead atoms. The van der Waals surface area contributed by atoms with Crippen molar-refractivity contribution >= 4 is 18.3 Å². The molecule has 0 aliphatic carbocycles. The van der Waals surface area contributed by atoms with Crippen molar-refractivity contribution in [2.24, 2.45) is 0 Å². The van der Waals surface area contributed by atoms with Crippen LogP contribution in [-0.4, -0.2) is 38.0 Å². The summed E-state index contributed by atoms with van der Waals surface area (Å²) >= 11 is 0. The van der Waals surface area contributed by atoms with E-state index in [0.29, 0.717) is 0 Å². The van der Waals surface area contributed by atoms with Crippen LogP contribution in [0.25, 0.3) is 0 Å². The Morgan fingerprint density at radius 1 is 1.14 bits per heavy atom. The molecular weight excluding hydrogens is 265 g/mol. The van der Waals surface area contributed by atoms with Gasteiger partial charge in [-0.3, -0.25) is 0 Å². The molecule has 2 heterocycles. The topological polar surface area (TPSA) is 30.9 Å². The molecule has 21 heavy (non-hydrogen) atoms. The molecule has 1 saturated heterocycles. The van der Waals surface area contributed by atoms with Gasteiger partial charge in [-0.15, -0.1) is 0 Å². The van der Waals surface area contributed by atoms with E-state index in [1.807, 2.05) is 0 Å². The van der Waals surface area contributed by atoms with Crippen LogP contribution in [0.2, 0.25) is 0 Å². The van der Waals surface area contributed by atoms with Gasteiger partial charge >= 0.3 is 7.12 Å². The molecule has 2 aliphatic heterocycles. The van der Waals surface area contributed by atoms with E-state index >= 15 is 0 Å². The number of benzene rings is 1. The minimum absolute atomic E-state index is 0.316. The van der Waals surface area contributed by atoms with Gasteiger partial charge in [0.2, 0.25) is 0 Å². The van der Waals surface area contributed by atoms with Crippen molar-refractivity contribution in [1.29, 1.82) is 0 Å². The predicted molar refractivity (Wildman–Crippen MR) is 85.5 cm³/mol. The molecule has 2 aliphatic rings. The lowest BCUT2D eigenvalue weighted by atomic mass is 9.79. The van der Waals surface area contributed by atoms with Gasteiger partial charge in [0.25, 0.3) is 0 Å². The first-order valence-corrected chi connectivity index (χ1v) is 7.71. The second-order valence-corrected chi connectivity index (χ2v) is 6.74. The number of ether oxygens (including phenoxy) is 1. The minimum atomic E-state index is -0.332. The van der Waals surface area contributed by atoms with E-state index < -0.39 is 0 Å². The summed E-state index contributed by atoms with van der Waals surface area (Å²) in [7, 11) is -0.332. The quantitative estimate of drug-likeness (QED) is 0.781. The van der Waals surface area contributed by atoms with Crippen LogP contribution < -0.4 is 15.1 Å². The van der Waals surface area contributed by atoms with Crippen LogP contribution in [0.4, 0.5) is 5.69 Å². The maximum atomic E-state index is 6.10. The van der Waals surface area contributed by atoms with Gasteiger partial charge in [-0.05, 0) is 52.2 Å². The highest BCUT2D eigenvalue weighted by molar-refractivity contribution is 6.62. The summed E-state index contributed by atoms with van der Waals surface area (Å²) in [6, 6.07) is 6.25. The fourth-order valence-electron chi connectivity index (χ4n) is 2.75. The summed E-state index contributed by atoms with van der Waals surface area (Å²) in [5, 5.41) is 0. The Labute approximate surface area is 127 Å². The highest BCUT2D eigenvalue weighted by Crippen LogP contribution is 2.37. The Morgan fingerprint density at radius 2 is 1.81 bits per heavy atom. The van der Waals surface area contributed by atoms with Crippen molar-refractivity contribution in [3.63, 3.8) is 0 Å². The van der Waals surface area contributed by atoms with Crippen molar-refractivity contribution in [3.05, 3.63) is 18.2 Å². The summed E-state index contributed by atoms with van der Waals surface area (Å²) in [6.07, 6.45) is 0. The molecule has 114 valence electrons. The highest BCUT2D eigenvalue weighted by Gasteiger charge is 2.51. The number of nitrogens with zero attached hydrogens (tertiary/aromatic N) is 1. The maximum Gasteiger partial charge on any atom is 0.494 e. The monoisotopic (exact) mass is 289 g/mol. The smallest absolute Gasteiger partial charge is 0.490 e. The van der Waals surface area contributed by atoms with Crippen LogP contribution in [0.1, 0.15) is 34.6 Å². The largest absolute Gasteiger partial charge is 0.494 e. The second kappa shape index (κ2) is 4.92. The van der Waals surface area contributed by atoms with Gasteiger partial charge in [0.15, 0.2) is 0 Å². The molecule has 0 atom stereocenters. The third kappa shape index (κ3) is 2.42. The second-order valence-electron chi connectivity index (χ2n) is 6.74. The molecular formula is C16H24BNO3. The van der Waals surface area contributed by atoms with Gasteiger partial charge in [0, 0.05) is 6.54 Å². The number of fused-ring (bicyclic) bond motifs is 1. The summed E-state index contributed by atoms with van der Waals surface area (Å²) < 4.78 is 18.0. The molecule has 5 heteroatoms. The van der Waals surface area contributed by atoms with E-state index in [4.69, 9.17) is 14.0 Å². The fraction of sp³-hybridized carbons (Fsp3) is 0.625. The van der Waals surface area contributed by atoms with Crippen molar-refractivity contribution in [2.45, 2.75) is 45.8 Å². The van der Waals surface area contributed by atoms with Gasteiger partial charge in [0.1, 0.15) is 12.4 Å². The average molecular weight is 289 g/mol. The summed E-state index contributed by atoms with van der Waals surface area (Å²) in [5.74, 6) is 0.926. The van der Waals surface area contributed by atoms with E-state index in [-0.39, 0.29) is 18.3 Å². The standard InChI is InChI=1S/C16H24BNO3/c1-6-18-9-10-19-14-11-12(7-8-13(14)18)17-20-15(2,3)16(4,5)21-17/h7-8,11H,6,9-10H2,1-5H3. The lowest BCUT2D eigenvalue weighted by Gasteiger charge is -2.32. The van der Waals surface area contributed by atoms with Gasteiger partial charge in [-0.2, -0.15) is 0 Å². The van der Waals surface area contributed by atoms with Crippen LogP contribution in [0.5, 0.6) is 5.75 Å². The molecule has 0 spiro atoms. The molecule has 0 N–H and O–H groups in total. The Morgan fingerprint density at radius 3 is 2.43 bits per heavy atom. The van der Waals surface area contributed by atoms with Crippen LogP contribution in [0, 0.1) is 0 Å². The summed E-state index contributed by atoms with van der Waals surface area (Å²) in [5.41, 5.74) is 1.54. The molecule has 1 aromatic carbocycles. The fourth-order valence-corrected chi connectivity index (χ4v) is 2.75. The normalized spacial score (nSPS) is 22.9.